The van der Waals surface area contributed by atoms with Crippen LogP contribution in [0.3, 0.4) is 0 Å². The maximum atomic E-state index is 12.2. The molecule has 0 aliphatic carbocycles. The van der Waals surface area contributed by atoms with E-state index < -0.39 is 0 Å². The Morgan fingerprint density at radius 1 is 1.38 bits per heavy atom. The lowest BCUT2D eigenvalue weighted by Crippen LogP contribution is -2.24. The van der Waals surface area contributed by atoms with Crippen LogP contribution >= 0.6 is 15.9 Å². The van der Waals surface area contributed by atoms with E-state index in [1.807, 2.05) is 12.1 Å². The van der Waals surface area contributed by atoms with Crippen molar-refractivity contribution in [2.24, 2.45) is 0 Å². The van der Waals surface area contributed by atoms with Crippen molar-refractivity contribution in [2.75, 3.05) is 7.11 Å². The summed E-state index contributed by atoms with van der Waals surface area (Å²) in [5.74, 6) is 0.565. The molecule has 1 N–H and O–H groups in total. The van der Waals surface area contributed by atoms with Crippen LogP contribution in [0.1, 0.15) is 28.5 Å². The van der Waals surface area contributed by atoms with Crippen molar-refractivity contribution >= 4 is 21.8 Å². The van der Waals surface area contributed by atoms with Gasteiger partial charge in [-0.15, -0.1) is 0 Å². The number of aryl methyl sites for hydroxylation is 1. The van der Waals surface area contributed by atoms with Gasteiger partial charge in [-0.05, 0) is 52.2 Å². The van der Waals surface area contributed by atoms with Gasteiger partial charge in [0.05, 0.1) is 23.8 Å². The number of benzene rings is 1. The van der Waals surface area contributed by atoms with Crippen molar-refractivity contribution < 1.29 is 9.53 Å². The first-order chi connectivity index (χ1) is 10.2. The number of carbonyl (C=O) groups excluding carboxylic acids is 1. The van der Waals surface area contributed by atoms with Crippen molar-refractivity contribution in [3.63, 3.8) is 0 Å². The number of nitrogens with one attached hydrogen (secondary N) is 1. The molecule has 2 rings (SSSR count). The normalized spacial score (nSPS) is 10.2. The monoisotopic (exact) mass is 348 g/mol. The van der Waals surface area contributed by atoms with Crippen molar-refractivity contribution in [3.8, 4) is 5.75 Å². The van der Waals surface area contributed by atoms with Gasteiger partial charge < -0.3 is 10.1 Å². The summed E-state index contributed by atoms with van der Waals surface area (Å²) in [5.41, 5.74) is 2.63. The number of pyridine rings is 1. The first kappa shape index (κ1) is 15.5. The van der Waals surface area contributed by atoms with Crippen molar-refractivity contribution in [3.05, 3.63) is 57.8 Å². The van der Waals surface area contributed by atoms with E-state index in [0.29, 0.717) is 17.9 Å². The molecule has 0 fully saturated rings. The minimum atomic E-state index is -0.133. The number of hydrogen-bond donors (Lipinski definition) is 1. The van der Waals surface area contributed by atoms with Gasteiger partial charge in [0.15, 0.2) is 0 Å². The Bertz CT molecular complexity index is 644. The molecule has 1 amide bonds. The molecular weight excluding hydrogens is 332 g/mol. The number of nitrogens with zero attached hydrogens (tertiary/aromatic N) is 1. The van der Waals surface area contributed by atoms with Crippen LogP contribution in [0.4, 0.5) is 0 Å². The molecule has 1 aromatic heterocycles. The molecule has 0 bridgehead atoms. The lowest BCUT2D eigenvalue weighted by Gasteiger charge is -2.09. The maximum absolute atomic E-state index is 12.2. The Morgan fingerprint density at radius 2 is 2.19 bits per heavy atom. The second kappa shape index (κ2) is 7.22. The van der Waals surface area contributed by atoms with Gasteiger partial charge in [0.25, 0.3) is 5.91 Å². The number of aromatic nitrogens is 1. The predicted molar refractivity (Wildman–Crippen MR) is 85.5 cm³/mol. The molecule has 0 saturated carbocycles. The average Bonchev–Trinajstić information content (AvgIpc) is 2.52. The SMILES string of the molecule is CCc1cccnc1CNC(=O)c1ccc(OC)c(Br)c1. The van der Waals surface area contributed by atoms with Crippen molar-refractivity contribution in [1.82, 2.24) is 10.3 Å². The third-order valence-electron chi connectivity index (χ3n) is 3.20. The van der Waals surface area contributed by atoms with Gasteiger partial charge in [-0.2, -0.15) is 0 Å². The second-order valence-corrected chi connectivity index (χ2v) is 5.35. The van der Waals surface area contributed by atoms with Crippen molar-refractivity contribution in [1.29, 1.82) is 0 Å². The van der Waals surface area contributed by atoms with E-state index in [9.17, 15) is 4.79 Å². The highest BCUT2D eigenvalue weighted by molar-refractivity contribution is 9.10. The highest BCUT2D eigenvalue weighted by Gasteiger charge is 2.10. The van der Waals surface area contributed by atoms with Gasteiger partial charge in [0.2, 0.25) is 0 Å². The fourth-order valence-electron chi connectivity index (χ4n) is 2.03. The smallest absolute Gasteiger partial charge is 0.251 e. The predicted octanol–water partition coefficient (Wildman–Crippen LogP) is 3.35. The summed E-state index contributed by atoms with van der Waals surface area (Å²) in [4.78, 5) is 16.5. The molecule has 1 heterocycles. The van der Waals surface area contributed by atoms with Gasteiger partial charge in [0.1, 0.15) is 5.75 Å². The molecule has 0 radical (unpaired) electrons. The number of methoxy groups -OCH3 is 1. The highest BCUT2D eigenvalue weighted by Crippen LogP contribution is 2.25. The van der Waals surface area contributed by atoms with E-state index in [1.165, 1.54) is 0 Å². The molecule has 110 valence electrons. The van der Waals surface area contributed by atoms with E-state index in [1.54, 1.807) is 31.5 Å². The lowest BCUT2D eigenvalue weighted by molar-refractivity contribution is 0.0950. The summed E-state index contributed by atoms with van der Waals surface area (Å²) < 4.78 is 5.91. The van der Waals surface area contributed by atoms with E-state index in [-0.39, 0.29) is 5.91 Å². The zero-order valence-corrected chi connectivity index (χ0v) is 13.6. The molecule has 0 spiro atoms. The highest BCUT2D eigenvalue weighted by atomic mass is 79.9. The van der Waals surface area contributed by atoms with Crippen LogP contribution in [-0.4, -0.2) is 18.0 Å². The molecule has 5 heteroatoms. The van der Waals surface area contributed by atoms with Gasteiger partial charge in [-0.3, -0.25) is 9.78 Å². The first-order valence-electron chi connectivity index (χ1n) is 6.70. The second-order valence-electron chi connectivity index (χ2n) is 4.49. The number of halogens is 1. The molecule has 1 aromatic carbocycles. The van der Waals surface area contributed by atoms with Crippen LogP contribution in [0.5, 0.6) is 5.75 Å². The molecule has 0 saturated heterocycles. The molecule has 2 aromatic rings. The van der Waals surface area contributed by atoms with E-state index >= 15 is 0 Å². The van der Waals surface area contributed by atoms with Crippen LogP contribution in [0.2, 0.25) is 0 Å². The molecule has 0 unspecified atom stereocenters. The van der Waals surface area contributed by atoms with Crippen LogP contribution in [0, 0.1) is 0 Å². The third-order valence-corrected chi connectivity index (χ3v) is 3.82. The van der Waals surface area contributed by atoms with Gasteiger partial charge in [-0.25, -0.2) is 0 Å². The molecule has 4 nitrogen and oxygen atoms in total. The summed E-state index contributed by atoms with van der Waals surface area (Å²) >= 11 is 3.38. The molecular formula is C16H17BrN2O2. The van der Waals surface area contributed by atoms with E-state index in [2.05, 4.69) is 33.2 Å². The number of hydrogen-bond acceptors (Lipinski definition) is 3. The summed E-state index contributed by atoms with van der Waals surface area (Å²) in [6.07, 6.45) is 2.64. The minimum absolute atomic E-state index is 0.133. The summed E-state index contributed by atoms with van der Waals surface area (Å²) in [7, 11) is 1.59. The largest absolute Gasteiger partial charge is 0.496 e. The number of carbonyl (C=O) groups is 1. The number of ether oxygens (including phenoxy) is 1. The zero-order valence-electron chi connectivity index (χ0n) is 12.0. The molecule has 21 heavy (non-hydrogen) atoms. The van der Waals surface area contributed by atoms with Crippen molar-refractivity contribution in [2.45, 2.75) is 19.9 Å². The molecule has 0 aliphatic heterocycles. The van der Waals surface area contributed by atoms with Crippen LogP contribution in [-0.2, 0) is 13.0 Å². The molecule has 0 aliphatic rings. The van der Waals surface area contributed by atoms with E-state index in [4.69, 9.17) is 4.74 Å². The summed E-state index contributed by atoms with van der Waals surface area (Å²) in [5, 5.41) is 2.89. The maximum Gasteiger partial charge on any atom is 0.251 e. The summed E-state index contributed by atoms with van der Waals surface area (Å²) in [6, 6.07) is 9.17. The Morgan fingerprint density at radius 3 is 2.86 bits per heavy atom. The standard InChI is InChI=1S/C16H17BrN2O2/c1-3-11-5-4-8-18-14(11)10-19-16(20)12-6-7-15(21-2)13(17)9-12/h4-9H,3,10H2,1-2H3,(H,19,20). The van der Waals surface area contributed by atoms with Crippen LogP contribution in [0.15, 0.2) is 41.0 Å². The van der Waals surface area contributed by atoms with E-state index in [0.717, 1.165) is 22.2 Å². The summed E-state index contributed by atoms with van der Waals surface area (Å²) in [6.45, 7) is 2.50. The van der Waals surface area contributed by atoms with Crippen LogP contribution in [0.25, 0.3) is 0 Å². The van der Waals surface area contributed by atoms with Crippen LogP contribution < -0.4 is 10.1 Å². The van der Waals surface area contributed by atoms with Gasteiger partial charge in [-0.1, -0.05) is 13.0 Å². The Hall–Kier alpha value is -1.88. The Labute approximate surface area is 132 Å². The fraction of sp³-hybridized carbons (Fsp3) is 0.250. The Balaban J connectivity index is 2.06. The number of rotatable bonds is 5. The minimum Gasteiger partial charge on any atom is -0.496 e. The van der Waals surface area contributed by atoms with Gasteiger partial charge >= 0.3 is 0 Å². The quantitative estimate of drug-likeness (QED) is 0.901. The lowest BCUT2D eigenvalue weighted by atomic mass is 10.1. The number of amides is 1. The first-order valence-corrected chi connectivity index (χ1v) is 7.49. The Kier molecular flexibility index (Phi) is 5.33. The zero-order chi connectivity index (χ0) is 15.2. The molecule has 0 atom stereocenters. The van der Waals surface area contributed by atoms with Gasteiger partial charge in [0, 0.05) is 11.8 Å². The topological polar surface area (TPSA) is 51.2 Å². The fourth-order valence-corrected chi connectivity index (χ4v) is 2.57. The average molecular weight is 349 g/mol. The third kappa shape index (κ3) is 3.82.